The minimum atomic E-state index is -0.656. The van der Waals surface area contributed by atoms with E-state index in [1.165, 1.54) is 22.8 Å². The number of aromatic nitrogens is 2. The molecule has 0 aliphatic carbocycles. The van der Waals surface area contributed by atoms with E-state index in [-0.39, 0.29) is 5.69 Å². The molecule has 0 radical (unpaired) electrons. The van der Waals surface area contributed by atoms with Gasteiger partial charge in [0.2, 0.25) is 0 Å². The van der Waals surface area contributed by atoms with Gasteiger partial charge in [0.15, 0.2) is 0 Å². The lowest BCUT2D eigenvalue weighted by atomic mass is 10.2. The molecule has 140 valence electrons. The summed E-state index contributed by atoms with van der Waals surface area (Å²) in [5.41, 5.74) is 0.0271. The van der Waals surface area contributed by atoms with E-state index in [2.05, 4.69) is 15.6 Å². The van der Waals surface area contributed by atoms with E-state index in [4.69, 9.17) is 4.74 Å². The van der Waals surface area contributed by atoms with Gasteiger partial charge in [-0.15, -0.1) is 0 Å². The Morgan fingerprint density at radius 2 is 1.89 bits per heavy atom. The maximum absolute atomic E-state index is 13.8. The Morgan fingerprint density at radius 1 is 1.15 bits per heavy atom. The smallest absolute Gasteiger partial charge is 0.349 e. The van der Waals surface area contributed by atoms with E-state index in [1.54, 1.807) is 37.4 Å². The molecule has 3 rings (SSSR count). The van der Waals surface area contributed by atoms with Crippen molar-refractivity contribution >= 4 is 28.4 Å². The van der Waals surface area contributed by atoms with E-state index in [0.29, 0.717) is 36.3 Å². The highest BCUT2D eigenvalue weighted by Gasteiger charge is 2.14. The summed E-state index contributed by atoms with van der Waals surface area (Å²) in [6, 6.07) is 12.2. The van der Waals surface area contributed by atoms with Crippen LogP contribution in [-0.2, 0) is 11.3 Å². The minimum absolute atomic E-state index is 0.0432. The summed E-state index contributed by atoms with van der Waals surface area (Å²) in [5, 5.41) is 5.72. The van der Waals surface area contributed by atoms with Gasteiger partial charge in [0.25, 0.3) is 0 Å². The number of fused-ring (bicyclic) bond motifs is 1. The van der Waals surface area contributed by atoms with Gasteiger partial charge in [-0.05, 0) is 30.7 Å². The van der Waals surface area contributed by atoms with E-state index in [0.717, 1.165) is 0 Å². The van der Waals surface area contributed by atoms with Gasteiger partial charge >= 0.3 is 11.7 Å². The Morgan fingerprint density at radius 3 is 2.67 bits per heavy atom. The molecule has 7 nitrogen and oxygen atoms in total. The van der Waals surface area contributed by atoms with E-state index in [9.17, 15) is 14.0 Å². The normalized spacial score (nSPS) is 10.7. The molecule has 0 atom stereocenters. The molecule has 8 heteroatoms. The molecule has 2 N–H and O–H groups in total. The first-order valence-corrected chi connectivity index (χ1v) is 8.41. The SMILES string of the molecule is COCCCn1c(NC(=O)Nc2ccccc2F)c2ccccc2nc1=O. The van der Waals surface area contributed by atoms with Crippen LogP contribution >= 0.6 is 0 Å². The average Bonchev–Trinajstić information content (AvgIpc) is 2.66. The molecular weight excluding hydrogens is 351 g/mol. The van der Waals surface area contributed by atoms with Crippen molar-refractivity contribution < 1.29 is 13.9 Å². The van der Waals surface area contributed by atoms with Crippen LogP contribution in [0.25, 0.3) is 10.9 Å². The molecule has 0 unspecified atom stereocenters. The highest BCUT2D eigenvalue weighted by molar-refractivity contribution is 6.04. The first kappa shape index (κ1) is 18.5. The molecule has 27 heavy (non-hydrogen) atoms. The molecule has 0 fully saturated rings. The summed E-state index contributed by atoms with van der Waals surface area (Å²) in [5.74, 6) is -0.250. The molecule has 0 saturated heterocycles. The number of halogens is 1. The van der Waals surface area contributed by atoms with Crippen LogP contribution in [0.2, 0.25) is 0 Å². The lowest BCUT2D eigenvalue weighted by Gasteiger charge is -2.16. The van der Waals surface area contributed by atoms with Crippen molar-refractivity contribution in [3.05, 3.63) is 64.8 Å². The van der Waals surface area contributed by atoms with Gasteiger partial charge in [-0.25, -0.2) is 14.0 Å². The van der Waals surface area contributed by atoms with Crippen LogP contribution in [-0.4, -0.2) is 29.3 Å². The fourth-order valence-corrected chi connectivity index (χ4v) is 2.71. The number of nitrogens with one attached hydrogen (secondary N) is 2. The van der Waals surface area contributed by atoms with Gasteiger partial charge in [-0.3, -0.25) is 9.88 Å². The van der Waals surface area contributed by atoms with Crippen molar-refractivity contribution in [3.8, 4) is 0 Å². The maximum Gasteiger partial charge on any atom is 0.349 e. The third kappa shape index (κ3) is 4.29. The maximum atomic E-state index is 13.8. The number of urea groups is 1. The highest BCUT2D eigenvalue weighted by atomic mass is 19.1. The second kappa shape index (κ2) is 8.41. The zero-order valence-electron chi connectivity index (χ0n) is 14.7. The molecule has 0 spiro atoms. The first-order chi connectivity index (χ1) is 13.1. The number of benzene rings is 2. The number of methoxy groups -OCH3 is 1. The number of hydrogen-bond acceptors (Lipinski definition) is 4. The van der Waals surface area contributed by atoms with Crippen molar-refractivity contribution in [2.45, 2.75) is 13.0 Å². The number of ether oxygens (including phenoxy) is 1. The van der Waals surface area contributed by atoms with Gasteiger partial charge in [0, 0.05) is 25.6 Å². The molecule has 0 saturated carbocycles. The van der Waals surface area contributed by atoms with Crippen molar-refractivity contribution in [1.82, 2.24) is 9.55 Å². The van der Waals surface area contributed by atoms with Crippen molar-refractivity contribution in [3.63, 3.8) is 0 Å². The van der Waals surface area contributed by atoms with Gasteiger partial charge in [0.1, 0.15) is 11.6 Å². The second-order valence-corrected chi connectivity index (χ2v) is 5.82. The molecule has 1 aromatic heterocycles. The number of hydrogen-bond donors (Lipinski definition) is 2. The van der Waals surface area contributed by atoms with Crippen molar-refractivity contribution in [2.75, 3.05) is 24.4 Å². The molecule has 1 heterocycles. The number of amides is 2. The van der Waals surface area contributed by atoms with Crippen molar-refractivity contribution in [2.24, 2.45) is 0 Å². The Kier molecular flexibility index (Phi) is 5.77. The average molecular weight is 370 g/mol. The summed E-state index contributed by atoms with van der Waals surface area (Å²) in [7, 11) is 1.57. The fourth-order valence-electron chi connectivity index (χ4n) is 2.71. The Balaban J connectivity index is 1.95. The number of nitrogens with zero attached hydrogens (tertiary/aromatic N) is 2. The molecular formula is C19H19FN4O3. The lowest BCUT2D eigenvalue weighted by molar-refractivity contribution is 0.190. The van der Waals surface area contributed by atoms with Crippen LogP contribution < -0.4 is 16.3 Å². The van der Waals surface area contributed by atoms with Gasteiger partial charge < -0.3 is 10.1 Å². The monoisotopic (exact) mass is 370 g/mol. The third-order valence-electron chi connectivity index (χ3n) is 3.96. The molecule has 2 amide bonds. The van der Waals surface area contributed by atoms with Crippen molar-refractivity contribution in [1.29, 1.82) is 0 Å². The Bertz CT molecular complexity index is 1020. The van der Waals surface area contributed by atoms with Crippen LogP contribution in [0.3, 0.4) is 0 Å². The molecule has 2 aromatic carbocycles. The number of rotatable bonds is 6. The van der Waals surface area contributed by atoms with Crippen LogP contribution in [0.1, 0.15) is 6.42 Å². The Labute approximate surface area is 154 Å². The van der Waals surface area contributed by atoms with E-state index >= 15 is 0 Å². The summed E-state index contributed by atoms with van der Waals surface area (Å²) >= 11 is 0. The quantitative estimate of drug-likeness (QED) is 0.653. The molecule has 0 bridgehead atoms. The summed E-state index contributed by atoms with van der Waals surface area (Å²) in [4.78, 5) is 28.9. The van der Waals surface area contributed by atoms with Gasteiger partial charge in [-0.1, -0.05) is 24.3 Å². The zero-order chi connectivity index (χ0) is 19.2. The fraction of sp³-hybridized carbons (Fsp3) is 0.211. The molecule has 0 aliphatic heterocycles. The highest BCUT2D eigenvalue weighted by Crippen LogP contribution is 2.21. The van der Waals surface area contributed by atoms with Crippen LogP contribution in [0.4, 0.5) is 20.7 Å². The lowest BCUT2D eigenvalue weighted by Crippen LogP contribution is -2.30. The largest absolute Gasteiger partial charge is 0.385 e. The molecule has 0 aliphatic rings. The number of carbonyl (C=O) groups is 1. The van der Waals surface area contributed by atoms with Gasteiger partial charge in [0.05, 0.1) is 11.2 Å². The number of para-hydroxylation sites is 2. The first-order valence-electron chi connectivity index (χ1n) is 8.41. The third-order valence-corrected chi connectivity index (χ3v) is 3.96. The predicted octanol–water partition coefficient (Wildman–Crippen LogP) is 3.22. The summed E-state index contributed by atoms with van der Waals surface area (Å²) < 4.78 is 20.2. The summed E-state index contributed by atoms with van der Waals surface area (Å²) in [6.45, 7) is 0.778. The van der Waals surface area contributed by atoms with Gasteiger partial charge in [-0.2, -0.15) is 4.98 Å². The topological polar surface area (TPSA) is 85.2 Å². The van der Waals surface area contributed by atoms with Crippen LogP contribution in [0, 0.1) is 5.82 Å². The standard InChI is InChI=1S/C19H19FN4O3/c1-27-12-6-11-24-17(13-7-2-4-9-15(13)22-19(24)26)23-18(25)21-16-10-5-3-8-14(16)20/h2-5,7-10H,6,11-12H2,1H3,(H2,21,23,25). The predicted molar refractivity (Wildman–Crippen MR) is 102 cm³/mol. The zero-order valence-corrected chi connectivity index (χ0v) is 14.7. The number of carbonyl (C=O) groups excluding carboxylic acids is 1. The summed E-state index contributed by atoms with van der Waals surface area (Å²) in [6.07, 6.45) is 0.569. The van der Waals surface area contributed by atoms with Crippen LogP contribution in [0.5, 0.6) is 0 Å². The van der Waals surface area contributed by atoms with Crippen LogP contribution in [0.15, 0.2) is 53.3 Å². The minimum Gasteiger partial charge on any atom is -0.385 e. The van der Waals surface area contributed by atoms with E-state index < -0.39 is 17.5 Å². The van der Waals surface area contributed by atoms with E-state index in [1.807, 2.05) is 0 Å². The Hall–Kier alpha value is -3.26. The molecule has 3 aromatic rings. The number of anilines is 2. The second-order valence-electron chi connectivity index (χ2n) is 5.82.